The van der Waals surface area contributed by atoms with E-state index in [0.29, 0.717) is 6.54 Å². The van der Waals surface area contributed by atoms with Crippen molar-refractivity contribution in [3.63, 3.8) is 0 Å². The van der Waals surface area contributed by atoms with Gasteiger partial charge in [-0.25, -0.2) is 0 Å². The molecule has 1 amide bonds. The molecule has 0 saturated carbocycles. The zero-order valence-electron chi connectivity index (χ0n) is 16.3. The Labute approximate surface area is 170 Å². The Hall–Kier alpha value is -3.59. The summed E-state index contributed by atoms with van der Waals surface area (Å²) in [5, 5.41) is 2.23. The second-order valence-corrected chi connectivity index (χ2v) is 7.37. The average molecular weight is 379 g/mol. The van der Waals surface area contributed by atoms with Gasteiger partial charge in [0.2, 0.25) is 0 Å². The smallest absolute Gasteiger partial charge is 0.259 e. The third-order valence-corrected chi connectivity index (χ3v) is 5.61. The van der Waals surface area contributed by atoms with Crippen LogP contribution in [0.25, 0.3) is 10.8 Å². The lowest BCUT2D eigenvalue weighted by Crippen LogP contribution is -2.25. The minimum absolute atomic E-state index is 0.0679. The molecule has 4 aromatic rings. The second-order valence-electron chi connectivity index (χ2n) is 7.37. The fourth-order valence-electron chi connectivity index (χ4n) is 4.15. The molecule has 5 rings (SSSR count). The number of amides is 1. The van der Waals surface area contributed by atoms with E-state index < -0.39 is 0 Å². The molecule has 0 unspecified atom stereocenters. The molecule has 3 heteroatoms. The van der Waals surface area contributed by atoms with Gasteiger partial charge in [-0.2, -0.15) is 0 Å². The molecule has 0 aliphatic carbocycles. The van der Waals surface area contributed by atoms with Crippen molar-refractivity contribution in [1.82, 2.24) is 0 Å². The minimum Gasteiger partial charge on any atom is -0.497 e. The van der Waals surface area contributed by atoms with Crippen LogP contribution >= 0.6 is 0 Å². The maximum absolute atomic E-state index is 13.2. The van der Waals surface area contributed by atoms with Gasteiger partial charge >= 0.3 is 0 Å². The van der Waals surface area contributed by atoms with Crippen LogP contribution < -0.4 is 9.64 Å². The van der Waals surface area contributed by atoms with Gasteiger partial charge in [0.15, 0.2) is 0 Å². The van der Waals surface area contributed by atoms with E-state index in [1.165, 1.54) is 11.1 Å². The maximum atomic E-state index is 13.2. The van der Waals surface area contributed by atoms with E-state index >= 15 is 0 Å². The Kier molecular flexibility index (Phi) is 4.28. The second kappa shape index (κ2) is 7.10. The van der Waals surface area contributed by atoms with Gasteiger partial charge in [-0.3, -0.25) is 4.79 Å². The van der Waals surface area contributed by atoms with Crippen molar-refractivity contribution >= 4 is 22.4 Å². The van der Waals surface area contributed by atoms with Gasteiger partial charge in [0.1, 0.15) is 5.75 Å². The highest BCUT2D eigenvalue weighted by Gasteiger charge is 2.30. The summed E-state index contributed by atoms with van der Waals surface area (Å²) in [7, 11) is 1.66. The third kappa shape index (κ3) is 3.05. The Morgan fingerprint density at radius 2 is 1.59 bits per heavy atom. The van der Waals surface area contributed by atoms with E-state index in [-0.39, 0.29) is 5.91 Å². The normalized spacial score (nSPS) is 12.6. The summed E-state index contributed by atoms with van der Waals surface area (Å²) in [5.74, 6) is 0.885. The monoisotopic (exact) mass is 379 g/mol. The van der Waals surface area contributed by atoms with Crippen LogP contribution in [0.15, 0.2) is 84.9 Å². The topological polar surface area (TPSA) is 29.5 Å². The van der Waals surface area contributed by atoms with Crippen LogP contribution in [0.2, 0.25) is 0 Å². The molecule has 0 N–H and O–H groups in total. The number of methoxy groups -OCH3 is 1. The van der Waals surface area contributed by atoms with Crippen LogP contribution in [-0.2, 0) is 13.0 Å². The Morgan fingerprint density at radius 3 is 2.34 bits per heavy atom. The highest BCUT2D eigenvalue weighted by molar-refractivity contribution is 6.25. The number of hydrogen-bond acceptors (Lipinski definition) is 2. The lowest BCUT2D eigenvalue weighted by molar-refractivity contribution is 0.0991. The number of carbonyl (C=O) groups excluding carboxylic acids is 1. The largest absolute Gasteiger partial charge is 0.497 e. The molecule has 0 saturated heterocycles. The van der Waals surface area contributed by atoms with Crippen LogP contribution in [0.1, 0.15) is 27.0 Å². The third-order valence-electron chi connectivity index (χ3n) is 5.61. The average Bonchev–Trinajstić information content (AvgIpc) is 3.04. The number of benzene rings is 4. The highest BCUT2D eigenvalue weighted by atomic mass is 16.5. The summed E-state index contributed by atoms with van der Waals surface area (Å²) < 4.78 is 5.24. The van der Waals surface area contributed by atoms with E-state index in [1.54, 1.807) is 7.11 Å². The SMILES string of the molecule is COc1ccc(CN2C(=O)c3cccc4c(Cc5ccccc5)ccc2c34)cc1. The zero-order valence-corrected chi connectivity index (χ0v) is 16.3. The molecule has 1 aliphatic rings. The first-order chi connectivity index (χ1) is 14.2. The first-order valence-corrected chi connectivity index (χ1v) is 9.78. The van der Waals surface area contributed by atoms with Crippen molar-refractivity contribution in [3.05, 3.63) is 107 Å². The van der Waals surface area contributed by atoms with Gasteiger partial charge in [0.05, 0.1) is 19.3 Å². The Balaban J connectivity index is 1.54. The predicted octanol–water partition coefficient (Wildman–Crippen LogP) is 5.60. The standard InChI is InChI=1S/C26H21NO2/c1-29-21-13-10-19(11-14-21)17-27-24-15-12-20(16-18-6-3-2-4-7-18)22-8-5-9-23(25(22)24)26(27)28/h2-15H,16-17H2,1H3. The molecule has 29 heavy (non-hydrogen) atoms. The summed E-state index contributed by atoms with van der Waals surface area (Å²) in [6.07, 6.45) is 0.855. The number of nitrogens with zero attached hydrogens (tertiary/aromatic N) is 1. The molecule has 0 spiro atoms. The lowest BCUT2D eigenvalue weighted by Gasteiger charge is -2.18. The van der Waals surface area contributed by atoms with Gasteiger partial charge in [-0.1, -0.05) is 60.7 Å². The van der Waals surface area contributed by atoms with E-state index in [9.17, 15) is 4.79 Å². The molecule has 1 heterocycles. The molecular weight excluding hydrogens is 358 g/mol. The number of hydrogen-bond donors (Lipinski definition) is 0. The summed E-state index contributed by atoms with van der Waals surface area (Å²) in [4.78, 5) is 15.1. The number of carbonyl (C=O) groups is 1. The molecule has 4 aromatic carbocycles. The van der Waals surface area contributed by atoms with Crippen molar-refractivity contribution in [2.24, 2.45) is 0 Å². The summed E-state index contributed by atoms with van der Waals surface area (Å²) in [5.41, 5.74) is 5.38. The molecule has 0 fully saturated rings. The summed E-state index contributed by atoms with van der Waals surface area (Å²) in [6, 6.07) is 28.7. The molecule has 0 bridgehead atoms. The predicted molar refractivity (Wildman–Crippen MR) is 117 cm³/mol. The molecule has 142 valence electrons. The molecule has 3 nitrogen and oxygen atoms in total. The van der Waals surface area contributed by atoms with Crippen LogP contribution in [0, 0.1) is 0 Å². The number of ether oxygens (including phenoxy) is 1. The fourth-order valence-corrected chi connectivity index (χ4v) is 4.15. The van der Waals surface area contributed by atoms with Crippen molar-refractivity contribution in [3.8, 4) is 5.75 Å². The van der Waals surface area contributed by atoms with Crippen LogP contribution in [0.3, 0.4) is 0 Å². The quantitative estimate of drug-likeness (QED) is 0.452. The van der Waals surface area contributed by atoms with Gasteiger partial charge in [0.25, 0.3) is 5.91 Å². The summed E-state index contributed by atoms with van der Waals surface area (Å²) in [6.45, 7) is 0.546. The van der Waals surface area contributed by atoms with Crippen molar-refractivity contribution < 1.29 is 9.53 Å². The van der Waals surface area contributed by atoms with E-state index in [0.717, 1.165) is 39.8 Å². The number of rotatable bonds is 5. The van der Waals surface area contributed by atoms with E-state index in [1.807, 2.05) is 47.4 Å². The van der Waals surface area contributed by atoms with Crippen LogP contribution in [-0.4, -0.2) is 13.0 Å². The fraction of sp³-hybridized carbons (Fsp3) is 0.115. The highest BCUT2D eigenvalue weighted by Crippen LogP contribution is 2.40. The summed E-state index contributed by atoms with van der Waals surface area (Å²) >= 11 is 0. The molecule has 1 aliphatic heterocycles. The van der Waals surface area contributed by atoms with Crippen molar-refractivity contribution in [2.45, 2.75) is 13.0 Å². The molecule has 0 aromatic heterocycles. The maximum Gasteiger partial charge on any atom is 0.259 e. The van der Waals surface area contributed by atoms with Crippen molar-refractivity contribution in [1.29, 1.82) is 0 Å². The lowest BCUT2D eigenvalue weighted by atomic mass is 9.96. The van der Waals surface area contributed by atoms with Gasteiger partial charge in [-0.15, -0.1) is 0 Å². The van der Waals surface area contributed by atoms with Crippen molar-refractivity contribution in [2.75, 3.05) is 12.0 Å². The Bertz CT molecular complexity index is 1200. The first-order valence-electron chi connectivity index (χ1n) is 9.78. The molecular formula is C26H21NO2. The van der Waals surface area contributed by atoms with Gasteiger partial charge < -0.3 is 9.64 Å². The van der Waals surface area contributed by atoms with E-state index in [2.05, 4.69) is 42.5 Å². The van der Waals surface area contributed by atoms with E-state index in [4.69, 9.17) is 4.74 Å². The van der Waals surface area contributed by atoms with Crippen LogP contribution in [0.5, 0.6) is 5.75 Å². The minimum atomic E-state index is 0.0679. The van der Waals surface area contributed by atoms with Crippen LogP contribution in [0.4, 0.5) is 5.69 Å². The molecule has 0 atom stereocenters. The number of anilines is 1. The molecule has 0 radical (unpaired) electrons. The zero-order chi connectivity index (χ0) is 19.8. The Morgan fingerprint density at radius 1 is 0.793 bits per heavy atom. The van der Waals surface area contributed by atoms with Gasteiger partial charge in [0, 0.05) is 10.9 Å². The van der Waals surface area contributed by atoms with Gasteiger partial charge in [-0.05, 0) is 52.8 Å². The first kappa shape index (κ1) is 17.5.